The van der Waals surface area contributed by atoms with Crippen molar-refractivity contribution in [2.75, 3.05) is 6.54 Å². The zero-order valence-corrected chi connectivity index (χ0v) is 10.4. The molecule has 1 aliphatic carbocycles. The molecule has 0 atom stereocenters. The summed E-state index contributed by atoms with van der Waals surface area (Å²) < 4.78 is 51.1. The Bertz CT molecular complexity index is 524. The first-order valence-corrected chi connectivity index (χ1v) is 6.09. The van der Waals surface area contributed by atoms with Gasteiger partial charge in [0.1, 0.15) is 5.82 Å². The number of benzene rings is 1. The number of rotatable bonds is 3. The van der Waals surface area contributed by atoms with Crippen LogP contribution in [-0.2, 0) is 6.18 Å². The lowest BCUT2D eigenvalue weighted by Crippen LogP contribution is -2.48. The number of hydrogen-bond donors (Lipinski definition) is 2. The maximum absolute atomic E-state index is 12.9. The molecule has 1 aromatic carbocycles. The lowest BCUT2D eigenvalue weighted by molar-refractivity contribution is -0.138. The maximum Gasteiger partial charge on any atom is 0.417 e. The van der Waals surface area contributed by atoms with Gasteiger partial charge in [-0.15, -0.1) is 0 Å². The minimum Gasteiger partial charge on any atom is -0.388 e. The van der Waals surface area contributed by atoms with Crippen LogP contribution in [0.15, 0.2) is 18.2 Å². The molecule has 3 nitrogen and oxygen atoms in total. The van der Waals surface area contributed by atoms with E-state index in [4.69, 9.17) is 0 Å². The fourth-order valence-electron chi connectivity index (χ4n) is 2.05. The summed E-state index contributed by atoms with van der Waals surface area (Å²) in [6, 6.07) is 1.87. The monoisotopic (exact) mass is 291 g/mol. The van der Waals surface area contributed by atoms with E-state index in [9.17, 15) is 27.5 Å². The Morgan fingerprint density at radius 2 is 2.00 bits per heavy atom. The molecule has 1 aromatic rings. The fourth-order valence-corrected chi connectivity index (χ4v) is 2.05. The van der Waals surface area contributed by atoms with Gasteiger partial charge in [-0.2, -0.15) is 13.2 Å². The summed E-state index contributed by atoms with van der Waals surface area (Å²) in [5.74, 6) is -2.04. The van der Waals surface area contributed by atoms with Crippen LogP contribution in [-0.4, -0.2) is 23.2 Å². The second kappa shape index (κ2) is 5.05. The molecule has 20 heavy (non-hydrogen) atoms. The second-order valence-corrected chi connectivity index (χ2v) is 4.95. The molecule has 1 fully saturated rings. The van der Waals surface area contributed by atoms with Crippen LogP contribution in [0.2, 0.25) is 0 Å². The molecule has 110 valence electrons. The molecule has 0 saturated heterocycles. The Hall–Kier alpha value is -1.63. The van der Waals surface area contributed by atoms with Gasteiger partial charge in [-0.25, -0.2) is 4.39 Å². The Balaban J connectivity index is 2.17. The van der Waals surface area contributed by atoms with E-state index >= 15 is 0 Å². The van der Waals surface area contributed by atoms with Crippen molar-refractivity contribution in [1.29, 1.82) is 0 Å². The molecule has 0 radical (unpaired) electrons. The molecule has 1 amide bonds. The first-order chi connectivity index (χ1) is 9.21. The number of hydrogen-bond acceptors (Lipinski definition) is 2. The van der Waals surface area contributed by atoms with Crippen molar-refractivity contribution in [1.82, 2.24) is 5.32 Å². The maximum atomic E-state index is 12.9. The van der Waals surface area contributed by atoms with Gasteiger partial charge in [0, 0.05) is 6.54 Å². The van der Waals surface area contributed by atoms with Crippen LogP contribution in [0.4, 0.5) is 17.6 Å². The third kappa shape index (κ3) is 3.09. The summed E-state index contributed by atoms with van der Waals surface area (Å²) >= 11 is 0. The largest absolute Gasteiger partial charge is 0.417 e. The number of alkyl halides is 3. The highest BCUT2D eigenvalue weighted by atomic mass is 19.4. The van der Waals surface area contributed by atoms with Gasteiger partial charge in [-0.3, -0.25) is 4.79 Å². The van der Waals surface area contributed by atoms with E-state index in [1.807, 2.05) is 0 Å². The summed E-state index contributed by atoms with van der Waals surface area (Å²) in [4.78, 5) is 11.8. The van der Waals surface area contributed by atoms with Gasteiger partial charge < -0.3 is 10.4 Å². The number of aliphatic hydroxyl groups is 1. The van der Waals surface area contributed by atoms with E-state index in [2.05, 4.69) is 5.32 Å². The second-order valence-electron chi connectivity index (χ2n) is 4.95. The lowest BCUT2D eigenvalue weighted by atomic mass is 9.80. The molecule has 7 heteroatoms. The molecule has 1 aliphatic rings. The van der Waals surface area contributed by atoms with Gasteiger partial charge in [-0.05, 0) is 37.5 Å². The zero-order chi connectivity index (χ0) is 15.0. The topological polar surface area (TPSA) is 49.3 Å². The van der Waals surface area contributed by atoms with Crippen LogP contribution in [0.1, 0.15) is 35.2 Å². The summed E-state index contributed by atoms with van der Waals surface area (Å²) in [6.07, 6.45) is -3.00. The van der Waals surface area contributed by atoms with Crippen LogP contribution in [0.5, 0.6) is 0 Å². The van der Waals surface area contributed by atoms with Crippen molar-refractivity contribution in [3.05, 3.63) is 35.1 Å². The molecular formula is C13H13F4NO2. The number of carbonyl (C=O) groups is 1. The predicted molar refractivity (Wildman–Crippen MR) is 62.5 cm³/mol. The molecule has 0 aromatic heterocycles. The number of halogens is 4. The quantitative estimate of drug-likeness (QED) is 0.841. The zero-order valence-electron chi connectivity index (χ0n) is 10.4. The minimum atomic E-state index is -4.82. The van der Waals surface area contributed by atoms with Crippen LogP contribution in [0.25, 0.3) is 0 Å². The van der Waals surface area contributed by atoms with E-state index in [1.54, 1.807) is 0 Å². The van der Waals surface area contributed by atoms with E-state index in [-0.39, 0.29) is 12.6 Å². The van der Waals surface area contributed by atoms with E-state index in [0.29, 0.717) is 12.8 Å². The molecule has 2 rings (SSSR count). The Labute approximate surface area is 112 Å². The van der Waals surface area contributed by atoms with Gasteiger partial charge in [0.05, 0.1) is 16.7 Å². The van der Waals surface area contributed by atoms with E-state index in [1.165, 1.54) is 0 Å². The summed E-state index contributed by atoms with van der Waals surface area (Å²) in [6.45, 7) is -0.111. The SMILES string of the molecule is O=C(NCC1(O)CCC1)c1ccc(F)cc1C(F)(F)F. The smallest absolute Gasteiger partial charge is 0.388 e. The van der Waals surface area contributed by atoms with Crippen molar-refractivity contribution in [3.8, 4) is 0 Å². The van der Waals surface area contributed by atoms with Gasteiger partial charge in [0.2, 0.25) is 0 Å². The molecule has 1 saturated carbocycles. The Morgan fingerprint density at radius 1 is 1.35 bits per heavy atom. The van der Waals surface area contributed by atoms with Crippen molar-refractivity contribution in [3.63, 3.8) is 0 Å². The van der Waals surface area contributed by atoms with Crippen LogP contribution >= 0.6 is 0 Å². The molecule has 0 unspecified atom stereocenters. The third-order valence-electron chi connectivity index (χ3n) is 3.39. The van der Waals surface area contributed by atoms with Crippen LogP contribution < -0.4 is 5.32 Å². The molecule has 2 N–H and O–H groups in total. The molecule has 0 bridgehead atoms. The molecule has 0 heterocycles. The van der Waals surface area contributed by atoms with Crippen molar-refractivity contribution in [2.24, 2.45) is 0 Å². The van der Waals surface area contributed by atoms with Gasteiger partial charge in [0.15, 0.2) is 0 Å². The third-order valence-corrected chi connectivity index (χ3v) is 3.39. The van der Waals surface area contributed by atoms with Gasteiger partial charge in [-0.1, -0.05) is 0 Å². The molecular weight excluding hydrogens is 278 g/mol. The van der Waals surface area contributed by atoms with Gasteiger partial charge >= 0.3 is 6.18 Å². The van der Waals surface area contributed by atoms with Gasteiger partial charge in [0.25, 0.3) is 5.91 Å². The molecule has 0 aliphatic heterocycles. The standard InChI is InChI=1S/C13H13F4NO2/c14-8-2-3-9(10(6-8)13(15,16)17)11(19)18-7-12(20)4-1-5-12/h2-3,6,20H,1,4-5,7H2,(H,18,19). The lowest BCUT2D eigenvalue weighted by Gasteiger charge is -2.36. The first-order valence-electron chi connectivity index (χ1n) is 6.09. The summed E-state index contributed by atoms with van der Waals surface area (Å²) in [5, 5.41) is 12.0. The fraction of sp³-hybridized carbons (Fsp3) is 0.462. The van der Waals surface area contributed by atoms with Crippen LogP contribution in [0.3, 0.4) is 0 Å². The highest BCUT2D eigenvalue weighted by molar-refractivity contribution is 5.95. The average Bonchev–Trinajstić information content (AvgIpc) is 2.32. The van der Waals surface area contributed by atoms with Crippen molar-refractivity contribution in [2.45, 2.75) is 31.0 Å². The summed E-state index contributed by atoms with van der Waals surface area (Å²) in [7, 11) is 0. The number of carbonyl (C=O) groups excluding carboxylic acids is 1. The first kappa shape index (κ1) is 14.8. The van der Waals surface area contributed by atoms with E-state index < -0.39 is 34.6 Å². The minimum absolute atomic E-state index is 0.111. The van der Waals surface area contributed by atoms with Crippen LogP contribution in [0, 0.1) is 5.82 Å². The highest BCUT2D eigenvalue weighted by Crippen LogP contribution is 2.33. The normalized spacial score (nSPS) is 17.4. The average molecular weight is 291 g/mol. The predicted octanol–water partition coefficient (Wildman–Crippen LogP) is 2.49. The number of nitrogens with one attached hydrogen (secondary N) is 1. The van der Waals surface area contributed by atoms with E-state index in [0.717, 1.165) is 18.6 Å². The van der Waals surface area contributed by atoms with Crippen molar-refractivity contribution < 1.29 is 27.5 Å². The van der Waals surface area contributed by atoms with Crippen molar-refractivity contribution >= 4 is 5.91 Å². The molecule has 0 spiro atoms. The highest BCUT2D eigenvalue weighted by Gasteiger charge is 2.37. The Morgan fingerprint density at radius 3 is 2.50 bits per heavy atom. The Kier molecular flexibility index (Phi) is 3.73. The number of amides is 1. The summed E-state index contributed by atoms with van der Waals surface area (Å²) in [5.41, 5.74) is -3.01.